The smallest absolute Gasteiger partial charge is 0.0254 e. The van der Waals surface area contributed by atoms with Crippen molar-refractivity contribution in [1.29, 1.82) is 5.41 Å². The summed E-state index contributed by atoms with van der Waals surface area (Å²) in [6.45, 7) is 2.19. The van der Waals surface area contributed by atoms with E-state index in [1.54, 1.807) is 0 Å². The standard InChI is InChI=1S/C9H19NO/c1-2-3-4-5-6-7-8-9(10)11/h2-8H2,1H3,(H2,10,11)/p-1. The molecule has 11 heavy (non-hydrogen) atoms. The molecule has 0 aromatic carbocycles. The second kappa shape index (κ2) is 7.58. The summed E-state index contributed by atoms with van der Waals surface area (Å²) in [5.74, 6) is -0.416. The Kier molecular flexibility index (Phi) is 7.21. The Morgan fingerprint density at radius 1 is 1.09 bits per heavy atom. The van der Waals surface area contributed by atoms with Gasteiger partial charge in [-0.05, 0) is 18.7 Å². The van der Waals surface area contributed by atoms with Crippen LogP contribution in [0.2, 0.25) is 0 Å². The Morgan fingerprint density at radius 2 is 1.64 bits per heavy atom. The third-order valence-corrected chi connectivity index (χ3v) is 1.76. The Balaban J connectivity index is 2.85. The molecule has 0 saturated carbocycles. The van der Waals surface area contributed by atoms with Gasteiger partial charge >= 0.3 is 0 Å². The van der Waals surface area contributed by atoms with Crippen LogP contribution >= 0.6 is 0 Å². The fourth-order valence-corrected chi connectivity index (χ4v) is 1.07. The van der Waals surface area contributed by atoms with Crippen LogP contribution in [0, 0.1) is 5.41 Å². The van der Waals surface area contributed by atoms with E-state index < -0.39 is 5.90 Å². The van der Waals surface area contributed by atoms with Crippen LogP contribution in [0.15, 0.2) is 0 Å². The molecule has 0 spiro atoms. The van der Waals surface area contributed by atoms with Gasteiger partial charge in [0.25, 0.3) is 0 Å². The lowest BCUT2D eigenvalue weighted by atomic mass is 10.1. The molecule has 0 unspecified atom stereocenters. The Hall–Kier alpha value is -0.530. The van der Waals surface area contributed by atoms with E-state index in [2.05, 4.69) is 6.92 Å². The Labute approximate surface area is 69.1 Å². The maximum absolute atomic E-state index is 10.2. The predicted molar refractivity (Wildman–Crippen MR) is 45.7 cm³/mol. The minimum Gasteiger partial charge on any atom is -0.862 e. The molecule has 66 valence electrons. The number of hydrogen-bond acceptors (Lipinski definition) is 2. The highest BCUT2D eigenvalue weighted by Gasteiger charge is 1.88. The molecule has 0 saturated heterocycles. The lowest BCUT2D eigenvalue weighted by Crippen LogP contribution is -2.14. The average Bonchev–Trinajstić information content (AvgIpc) is 1.96. The lowest BCUT2D eigenvalue weighted by Gasteiger charge is -2.05. The van der Waals surface area contributed by atoms with Gasteiger partial charge in [-0.2, -0.15) is 0 Å². The molecule has 0 radical (unpaired) electrons. The summed E-state index contributed by atoms with van der Waals surface area (Å²) < 4.78 is 0. The van der Waals surface area contributed by atoms with Crippen LogP contribution in [0.1, 0.15) is 51.9 Å². The van der Waals surface area contributed by atoms with Crippen molar-refractivity contribution in [3.63, 3.8) is 0 Å². The molecule has 1 N–H and O–H groups in total. The highest BCUT2D eigenvalue weighted by Crippen LogP contribution is 2.05. The SMILES string of the molecule is CCCCCCCCC(=N)[O-]. The largest absolute Gasteiger partial charge is 0.862 e. The van der Waals surface area contributed by atoms with Crippen molar-refractivity contribution in [2.75, 3.05) is 0 Å². The van der Waals surface area contributed by atoms with Crippen molar-refractivity contribution in [1.82, 2.24) is 0 Å². The molecule has 0 atom stereocenters. The van der Waals surface area contributed by atoms with Crippen molar-refractivity contribution in [3.05, 3.63) is 0 Å². The van der Waals surface area contributed by atoms with E-state index in [1.165, 1.54) is 25.7 Å². The molecule has 0 aliphatic rings. The van der Waals surface area contributed by atoms with E-state index in [4.69, 9.17) is 5.41 Å². The van der Waals surface area contributed by atoms with E-state index in [0.29, 0.717) is 6.42 Å². The van der Waals surface area contributed by atoms with Crippen LogP contribution in [-0.4, -0.2) is 5.90 Å². The quantitative estimate of drug-likeness (QED) is 0.342. The molecule has 0 aliphatic carbocycles. The highest BCUT2D eigenvalue weighted by molar-refractivity contribution is 5.67. The van der Waals surface area contributed by atoms with Gasteiger partial charge in [-0.15, -0.1) is 0 Å². The molecule has 0 heterocycles. The van der Waals surface area contributed by atoms with E-state index >= 15 is 0 Å². The van der Waals surface area contributed by atoms with Crippen LogP contribution < -0.4 is 5.11 Å². The zero-order chi connectivity index (χ0) is 8.53. The van der Waals surface area contributed by atoms with Crippen LogP contribution in [0.25, 0.3) is 0 Å². The van der Waals surface area contributed by atoms with Gasteiger partial charge in [0.15, 0.2) is 0 Å². The van der Waals surface area contributed by atoms with Gasteiger partial charge in [-0.3, -0.25) is 0 Å². The number of unbranched alkanes of at least 4 members (excludes halogenated alkanes) is 5. The van der Waals surface area contributed by atoms with E-state index in [0.717, 1.165) is 12.8 Å². The van der Waals surface area contributed by atoms with Crippen molar-refractivity contribution in [2.45, 2.75) is 51.9 Å². The predicted octanol–water partition coefficient (Wildman–Crippen LogP) is 2.07. The number of rotatable bonds is 7. The van der Waals surface area contributed by atoms with Crippen LogP contribution in [0.5, 0.6) is 0 Å². The van der Waals surface area contributed by atoms with Crippen molar-refractivity contribution < 1.29 is 5.11 Å². The first-order valence-corrected chi connectivity index (χ1v) is 4.51. The van der Waals surface area contributed by atoms with E-state index in [-0.39, 0.29) is 0 Å². The van der Waals surface area contributed by atoms with Crippen LogP contribution in [0.3, 0.4) is 0 Å². The van der Waals surface area contributed by atoms with Gasteiger partial charge < -0.3 is 10.5 Å². The minimum atomic E-state index is -0.416. The maximum Gasteiger partial charge on any atom is -0.0254 e. The van der Waals surface area contributed by atoms with Crippen LogP contribution in [0.4, 0.5) is 0 Å². The molecule has 0 rings (SSSR count). The maximum atomic E-state index is 10.2. The van der Waals surface area contributed by atoms with Gasteiger partial charge in [-0.25, -0.2) is 0 Å². The summed E-state index contributed by atoms with van der Waals surface area (Å²) in [4.78, 5) is 0. The highest BCUT2D eigenvalue weighted by atomic mass is 16.3. The lowest BCUT2D eigenvalue weighted by molar-refractivity contribution is -0.220. The molecule has 0 aromatic rings. The van der Waals surface area contributed by atoms with Crippen molar-refractivity contribution >= 4 is 5.90 Å². The van der Waals surface area contributed by atoms with Gasteiger partial charge in [0.2, 0.25) is 0 Å². The second-order valence-corrected chi connectivity index (χ2v) is 2.94. The van der Waals surface area contributed by atoms with E-state index in [1.807, 2.05) is 0 Å². The average molecular weight is 156 g/mol. The monoisotopic (exact) mass is 156 g/mol. The summed E-state index contributed by atoms with van der Waals surface area (Å²) in [7, 11) is 0. The normalized spacial score (nSPS) is 9.91. The minimum absolute atomic E-state index is 0.416. The summed E-state index contributed by atoms with van der Waals surface area (Å²) in [6, 6.07) is 0. The Bertz CT molecular complexity index is 102. The molecule has 0 bridgehead atoms. The van der Waals surface area contributed by atoms with Gasteiger partial charge in [0.1, 0.15) is 0 Å². The molecule has 2 nitrogen and oxygen atoms in total. The zero-order valence-electron chi connectivity index (χ0n) is 7.36. The molecule has 0 aliphatic heterocycles. The molecular weight excluding hydrogens is 138 g/mol. The summed E-state index contributed by atoms with van der Waals surface area (Å²) in [5.41, 5.74) is 0. The second-order valence-electron chi connectivity index (χ2n) is 2.94. The van der Waals surface area contributed by atoms with Gasteiger partial charge in [0.05, 0.1) is 0 Å². The van der Waals surface area contributed by atoms with Crippen LogP contribution in [-0.2, 0) is 0 Å². The van der Waals surface area contributed by atoms with Crippen molar-refractivity contribution in [3.8, 4) is 0 Å². The third kappa shape index (κ3) is 9.47. The molecule has 0 fully saturated rings. The molecule has 2 heteroatoms. The molecule has 0 aromatic heterocycles. The first kappa shape index (κ1) is 10.5. The van der Waals surface area contributed by atoms with Gasteiger partial charge in [-0.1, -0.05) is 39.0 Å². The van der Waals surface area contributed by atoms with E-state index in [9.17, 15) is 5.11 Å². The summed E-state index contributed by atoms with van der Waals surface area (Å²) in [5, 5.41) is 16.9. The number of nitrogens with one attached hydrogen (secondary N) is 1. The molecular formula is C9H18NO-. The zero-order valence-corrected chi connectivity index (χ0v) is 7.36. The first-order chi connectivity index (χ1) is 5.27. The fraction of sp³-hybridized carbons (Fsp3) is 0.889. The first-order valence-electron chi connectivity index (χ1n) is 4.51. The molecule has 0 amide bonds. The van der Waals surface area contributed by atoms with Gasteiger partial charge in [0, 0.05) is 0 Å². The third-order valence-electron chi connectivity index (χ3n) is 1.76. The summed E-state index contributed by atoms with van der Waals surface area (Å²) >= 11 is 0. The van der Waals surface area contributed by atoms with Crippen molar-refractivity contribution in [2.24, 2.45) is 0 Å². The summed E-state index contributed by atoms with van der Waals surface area (Å²) in [6.07, 6.45) is 7.54. The fourth-order valence-electron chi connectivity index (χ4n) is 1.07. The Morgan fingerprint density at radius 3 is 2.18 bits per heavy atom. The number of hydrogen-bond donors (Lipinski definition) is 1. The topological polar surface area (TPSA) is 46.9 Å².